The Morgan fingerprint density at radius 1 is 0.148 bits per heavy atom. The average Bonchev–Trinajstić information content (AvgIpc) is 0.980. The molecule has 40 atom stereocenters. The fourth-order valence-electron chi connectivity index (χ4n) is 11.7. The molecule has 30 fully saturated rings. The number of hydrogen-bond acceptors (Lipinski definition) is 32. The molecule has 40 heteroatoms. The summed E-state index contributed by atoms with van der Waals surface area (Å²) >= 11 is 15.3. The summed E-state index contributed by atoms with van der Waals surface area (Å²) in [6.07, 6.45) is -64.9. The van der Waals surface area contributed by atoms with Crippen molar-refractivity contribution < 1.29 is 157 Å². The van der Waals surface area contributed by atoms with E-state index in [9.17, 15) is 81.7 Å². The SMILES string of the molecule is OC1[C@@H]2OC(CI)[C@@H](O[C@H]3OC(CI)[C@@H](O[C@H]4OC(CI)[C@@H](O[C@H]5OC(CI)[C@@H](O[C@H]6OC(CI)[C@@H](O[C@H]7OC(CI)[C@@H](O[C@H]8OC(CI)[C@@H](O[C@H]9OC(CI)[C@@H](O2)[C@H](O)C9O)[C@H](O)C8O)[C@H](O)C7O)[C@H](O)C6O)[C@H](O)C5O)[C@H](O)C4O)[C@H](O)C3O)[C@@H]1O. The number of alkyl halides is 8. The predicted molar refractivity (Wildman–Crippen MR) is 355 cm³/mol. The molecule has 0 aromatic rings. The minimum absolute atomic E-state index is 0.0536. The van der Waals surface area contributed by atoms with Crippen LogP contribution in [0.4, 0.5) is 0 Å². The number of rotatable bonds is 8. The van der Waals surface area contributed by atoms with Crippen LogP contribution in [0.25, 0.3) is 0 Å². The molecule has 0 radical (unpaired) electrons. The summed E-state index contributed by atoms with van der Waals surface area (Å²) in [6, 6.07) is 0. The summed E-state index contributed by atoms with van der Waals surface area (Å²) in [5.74, 6) is 0. The molecule has 512 valence electrons. The fourth-order valence-corrected chi connectivity index (χ4v) is 17.4. The van der Waals surface area contributed by atoms with Crippen molar-refractivity contribution in [2.24, 2.45) is 0 Å². The van der Waals surface area contributed by atoms with E-state index in [1.54, 1.807) is 0 Å². The second kappa shape index (κ2) is 34.0. The zero-order valence-electron chi connectivity index (χ0n) is 45.5. The molecule has 16 N–H and O–H groups in total. The Kier molecular flexibility index (Phi) is 29.7. The second-order valence-electron chi connectivity index (χ2n) is 22.2. The molecule has 30 aliphatic rings. The topological polar surface area (TPSA) is 471 Å². The molecule has 0 aromatic carbocycles. The Hall–Kier alpha value is 4.56. The van der Waals surface area contributed by atoms with Gasteiger partial charge in [0, 0.05) is 35.4 Å². The highest BCUT2D eigenvalue weighted by Gasteiger charge is 2.60. The van der Waals surface area contributed by atoms with Gasteiger partial charge in [0.1, 0.15) is 146 Å². The first-order valence-electron chi connectivity index (χ1n) is 27.7. The lowest BCUT2D eigenvalue weighted by Gasteiger charge is -2.51. The standard InChI is InChI=1S/C48H72I8O32/c49-1-9-33-17(57)25(65)41(73-9)82-34-10(2-50)75-43(27(67)19(34)59)84-36-12(4-52)77-45(29(69)21(36)61)86-38-14(6-54)79-47(31(71)23(38)63)88-40-16(8-56)80-48(32(72)24(40)64)87-39-15(7-55)78-46(30(70)22(39)62)85-37-13(5-53)76-44(28(68)20(37)60)83-35-11(3-51)74-42(81-33)26(66)18(35)58/h9-48,57-72H,1-8H2/t9?,10?,11?,12?,13?,14?,15?,16?,17-,18-,19-,20-,21-,22-,23-,24-,25?,26?,27?,28?,29?,30?,31?,32?,33-,34-,35-,36-,37-,38-,39-,40-,41-,42-,43-,44-,45-,46-,47-,48-/m1/s1. The largest absolute Gasteiger partial charge is 0.387 e. The molecule has 30 saturated heterocycles. The van der Waals surface area contributed by atoms with Crippen LogP contribution in [0.3, 0.4) is 0 Å². The molecule has 0 spiro atoms. The Balaban J connectivity index is 0.975. The van der Waals surface area contributed by atoms with Crippen molar-refractivity contribution in [2.75, 3.05) is 35.4 Å². The molecule has 0 saturated carbocycles. The molecule has 30 aliphatic heterocycles. The van der Waals surface area contributed by atoms with Crippen LogP contribution in [0.5, 0.6) is 0 Å². The van der Waals surface area contributed by atoms with E-state index >= 15 is 0 Å². The van der Waals surface area contributed by atoms with Crippen LogP contribution in [-0.4, -0.2) is 363 Å². The third-order valence-electron chi connectivity index (χ3n) is 16.7. The summed E-state index contributed by atoms with van der Waals surface area (Å²) in [6.45, 7) is 0. The second-order valence-corrected chi connectivity index (χ2v) is 29.3. The van der Waals surface area contributed by atoms with Gasteiger partial charge >= 0.3 is 0 Å². The Morgan fingerprint density at radius 2 is 0.239 bits per heavy atom. The van der Waals surface area contributed by atoms with Crippen molar-refractivity contribution in [2.45, 2.75) is 246 Å². The zero-order valence-corrected chi connectivity index (χ0v) is 62.7. The van der Waals surface area contributed by atoms with Gasteiger partial charge < -0.3 is 157 Å². The van der Waals surface area contributed by atoms with E-state index in [2.05, 4.69) is 0 Å². The Labute approximate surface area is 611 Å². The van der Waals surface area contributed by atoms with E-state index in [0.717, 1.165) is 0 Å². The van der Waals surface area contributed by atoms with Gasteiger partial charge in [-0.2, -0.15) is 0 Å². The normalized spacial score (nSPS) is 55.4. The first-order chi connectivity index (χ1) is 41.9. The van der Waals surface area contributed by atoms with E-state index in [-0.39, 0.29) is 35.4 Å². The van der Waals surface area contributed by atoms with E-state index in [1.165, 1.54) is 0 Å². The van der Waals surface area contributed by atoms with Crippen LogP contribution >= 0.6 is 181 Å². The highest BCUT2D eigenvalue weighted by atomic mass is 127. The number of halogens is 8. The summed E-state index contributed by atoms with van der Waals surface area (Å²) < 4.78 is 98.2. The first-order valence-corrected chi connectivity index (χ1v) is 39.9. The van der Waals surface area contributed by atoms with Gasteiger partial charge in [0.25, 0.3) is 0 Å². The van der Waals surface area contributed by atoms with Gasteiger partial charge in [-0.1, -0.05) is 181 Å². The smallest absolute Gasteiger partial charge is 0.187 e. The first kappa shape index (κ1) is 76.7. The monoisotopic (exact) mass is 2180 g/mol. The van der Waals surface area contributed by atoms with Crippen molar-refractivity contribution >= 4 is 181 Å². The summed E-state index contributed by atoms with van der Waals surface area (Å²) in [4.78, 5) is 0. The molecule has 30 heterocycles. The van der Waals surface area contributed by atoms with Gasteiger partial charge in [0.2, 0.25) is 0 Å². The minimum Gasteiger partial charge on any atom is -0.387 e. The van der Waals surface area contributed by atoms with E-state index < -0.39 is 246 Å². The van der Waals surface area contributed by atoms with Crippen molar-refractivity contribution in [3.8, 4) is 0 Å². The summed E-state index contributed by atoms with van der Waals surface area (Å²) in [5.41, 5.74) is 0. The molecule has 88 heavy (non-hydrogen) atoms. The van der Waals surface area contributed by atoms with Crippen molar-refractivity contribution in [1.82, 2.24) is 0 Å². The Morgan fingerprint density at radius 3 is 0.318 bits per heavy atom. The van der Waals surface area contributed by atoms with Gasteiger partial charge in [-0.3, -0.25) is 0 Å². The Bertz CT molecular complexity index is 1730. The van der Waals surface area contributed by atoms with Crippen LogP contribution in [0, 0.1) is 0 Å². The summed E-state index contributed by atoms with van der Waals surface area (Å²) in [7, 11) is 0. The van der Waals surface area contributed by atoms with E-state index in [0.29, 0.717) is 0 Å². The number of aliphatic hydroxyl groups excluding tert-OH is 16. The van der Waals surface area contributed by atoms with Crippen molar-refractivity contribution in [1.29, 1.82) is 0 Å². The van der Waals surface area contributed by atoms with Crippen LogP contribution in [0.2, 0.25) is 0 Å². The minimum atomic E-state index is -1.93. The van der Waals surface area contributed by atoms with Crippen LogP contribution in [-0.2, 0) is 75.8 Å². The van der Waals surface area contributed by atoms with Crippen molar-refractivity contribution in [3.63, 3.8) is 0 Å². The third-order valence-corrected chi connectivity index (χ3v) is 23.6. The van der Waals surface area contributed by atoms with Gasteiger partial charge in [-0.25, -0.2) is 0 Å². The molecular formula is C48H72I8O32. The lowest BCUT2D eigenvalue weighted by atomic mass is 9.95. The quantitative estimate of drug-likeness (QED) is 0.0795. The lowest BCUT2D eigenvalue weighted by Crippen LogP contribution is -2.68. The molecule has 16 bridgehead atoms. The molecule has 16 unspecified atom stereocenters. The summed E-state index contributed by atoms with van der Waals surface area (Å²) in [5, 5.41) is 186. The molecule has 32 nitrogen and oxygen atoms in total. The maximum Gasteiger partial charge on any atom is 0.187 e. The highest BCUT2D eigenvalue weighted by Crippen LogP contribution is 2.41. The molecule has 30 rings (SSSR count). The van der Waals surface area contributed by atoms with Crippen LogP contribution in [0.15, 0.2) is 0 Å². The van der Waals surface area contributed by atoms with Crippen LogP contribution in [0.1, 0.15) is 0 Å². The van der Waals surface area contributed by atoms with Gasteiger partial charge in [0.15, 0.2) is 50.3 Å². The average molecular weight is 2180 g/mol. The maximum absolute atomic E-state index is 11.7. The van der Waals surface area contributed by atoms with E-state index in [1.807, 2.05) is 181 Å². The van der Waals surface area contributed by atoms with Crippen LogP contribution < -0.4 is 0 Å². The third kappa shape index (κ3) is 16.1. The zero-order chi connectivity index (χ0) is 64.1. The fraction of sp³-hybridized carbons (Fsp3) is 1.00. The van der Waals surface area contributed by atoms with E-state index in [4.69, 9.17) is 75.8 Å². The molecular weight excluding hydrogens is 2100 g/mol. The molecule has 0 aromatic heterocycles. The number of aliphatic hydroxyl groups is 16. The maximum atomic E-state index is 11.7. The lowest BCUT2D eigenvalue weighted by molar-refractivity contribution is -0.396. The van der Waals surface area contributed by atoms with Gasteiger partial charge in [-0.15, -0.1) is 0 Å². The number of ether oxygens (including phenoxy) is 16. The van der Waals surface area contributed by atoms with Gasteiger partial charge in [0.05, 0.1) is 48.8 Å². The van der Waals surface area contributed by atoms with Gasteiger partial charge in [-0.05, 0) is 0 Å². The number of hydrogen-bond donors (Lipinski definition) is 16. The predicted octanol–water partition coefficient (Wildman–Crippen LogP) is -5.86. The molecule has 0 amide bonds. The highest BCUT2D eigenvalue weighted by molar-refractivity contribution is 14.1. The molecule has 0 aliphatic carbocycles. The van der Waals surface area contributed by atoms with Crippen molar-refractivity contribution in [3.05, 3.63) is 0 Å².